The van der Waals surface area contributed by atoms with Gasteiger partial charge in [-0.05, 0) is 25.3 Å². The molecule has 0 aliphatic rings. The molecule has 3 nitrogen and oxygen atoms in total. The van der Waals surface area contributed by atoms with Crippen LogP contribution in [0, 0.1) is 11.3 Å². The SMILES string of the molecule is CSCC(C)n1c(CCl)nc2c(C#N)cccc21. The number of hydrogen-bond donors (Lipinski definition) is 0. The molecule has 0 saturated carbocycles. The predicted octanol–water partition coefficient (Wildman–Crippen LogP) is 3.57. The molecule has 18 heavy (non-hydrogen) atoms. The van der Waals surface area contributed by atoms with Crippen molar-refractivity contribution < 1.29 is 0 Å². The highest BCUT2D eigenvalue weighted by atomic mass is 35.5. The van der Waals surface area contributed by atoms with Crippen molar-refractivity contribution in [2.45, 2.75) is 18.8 Å². The van der Waals surface area contributed by atoms with E-state index in [1.165, 1.54) is 0 Å². The van der Waals surface area contributed by atoms with E-state index in [2.05, 4.69) is 28.8 Å². The van der Waals surface area contributed by atoms with Gasteiger partial charge < -0.3 is 4.57 Å². The van der Waals surface area contributed by atoms with Crippen molar-refractivity contribution in [3.63, 3.8) is 0 Å². The van der Waals surface area contributed by atoms with Gasteiger partial charge in [-0.3, -0.25) is 0 Å². The van der Waals surface area contributed by atoms with Crippen LogP contribution in [0.25, 0.3) is 11.0 Å². The third kappa shape index (κ3) is 2.21. The minimum atomic E-state index is 0.313. The Labute approximate surface area is 116 Å². The summed E-state index contributed by atoms with van der Waals surface area (Å²) in [4.78, 5) is 4.50. The zero-order chi connectivity index (χ0) is 13.1. The first-order valence-electron chi connectivity index (χ1n) is 5.67. The molecular formula is C13H14ClN3S. The van der Waals surface area contributed by atoms with E-state index in [1.807, 2.05) is 12.1 Å². The number of thioether (sulfide) groups is 1. The normalized spacial score (nSPS) is 12.6. The molecule has 0 spiro atoms. The molecule has 1 heterocycles. The van der Waals surface area contributed by atoms with Crippen molar-refractivity contribution in [3.8, 4) is 6.07 Å². The number of nitrogens with zero attached hydrogens (tertiary/aromatic N) is 3. The number of fused-ring (bicyclic) bond motifs is 1. The van der Waals surface area contributed by atoms with Crippen LogP contribution < -0.4 is 0 Å². The Kier molecular flexibility index (Phi) is 4.15. The molecule has 2 aromatic rings. The van der Waals surface area contributed by atoms with Gasteiger partial charge in [-0.1, -0.05) is 6.07 Å². The fourth-order valence-corrected chi connectivity index (χ4v) is 2.98. The van der Waals surface area contributed by atoms with Gasteiger partial charge in [0.1, 0.15) is 17.4 Å². The van der Waals surface area contributed by atoms with Crippen LogP contribution in [-0.4, -0.2) is 21.6 Å². The van der Waals surface area contributed by atoms with Gasteiger partial charge in [0.2, 0.25) is 0 Å². The van der Waals surface area contributed by atoms with Gasteiger partial charge in [-0.15, -0.1) is 11.6 Å². The van der Waals surface area contributed by atoms with E-state index in [1.54, 1.807) is 17.8 Å². The van der Waals surface area contributed by atoms with Gasteiger partial charge in [-0.25, -0.2) is 4.98 Å². The minimum Gasteiger partial charge on any atom is -0.323 e. The average Bonchev–Trinajstić information content (AvgIpc) is 2.77. The fourth-order valence-electron chi connectivity index (χ4n) is 2.16. The zero-order valence-corrected chi connectivity index (χ0v) is 11.9. The van der Waals surface area contributed by atoms with E-state index in [9.17, 15) is 0 Å². The van der Waals surface area contributed by atoms with Crippen molar-refractivity contribution in [3.05, 3.63) is 29.6 Å². The highest BCUT2D eigenvalue weighted by molar-refractivity contribution is 7.98. The molecule has 0 fully saturated rings. The molecule has 0 aliphatic carbocycles. The first kappa shape index (κ1) is 13.3. The maximum absolute atomic E-state index is 9.11. The summed E-state index contributed by atoms with van der Waals surface area (Å²) in [6.45, 7) is 2.15. The lowest BCUT2D eigenvalue weighted by molar-refractivity contribution is 0.606. The molecule has 1 aromatic heterocycles. The molecule has 0 N–H and O–H groups in total. The lowest BCUT2D eigenvalue weighted by Crippen LogP contribution is -2.10. The summed E-state index contributed by atoms with van der Waals surface area (Å²) in [6, 6.07) is 8.17. The van der Waals surface area contributed by atoms with Crippen molar-refractivity contribution >= 4 is 34.4 Å². The van der Waals surface area contributed by atoms with Crippen molar-refractivity contribution in [2.75, 3.05) is 12.0 Å². The Bertz CT molecular complexity index is 600. The van der Waals surface area contributed by atoms with Gasteiger partial charge in [-0.2, -0.15) is 17.0 Å². The quantitative estimate of drug-likeness (QED) is 0.804. The Morgan fingerprint density at radius 3 is 2.94 bits per heavy atom. The third-order valence-electron chi connectivity index (χ3n) is 2.88. The maximum atomic E-state index is 9.11. The molecule has 0 bridgehead atoms. The molecule has 0 radical (unpaired) electrons. The van der Waals surface area contributed by atoms with Crippen LogP contribution in [-0.2, 0) is 5.88 Å². The molecule has 94 valence electrons. The molecule has 1 unspecified atom stereocenters. The van der Waals surface area contributed by atoms with Crippen molar-refractivity contribution in [1.29, 1.82) is 5.26 Å². The minimum absolute atomic E-state index is 0.313. The largest absolute Gasteiger partial charge is 0.323 e. The van der Waals surface area contributed by atoms with Crippen LogP contribution >= 0.6 is 23.4 Å². The first-order valence-corrected chi connectivity index (χ1v) is 7.60. The number of hydrogen-bond acceptors (Lipinski definition) is 3. The molecule has 0 amide bonds. The standard InChI is InChI=1S/C13H14ClN3S/c1-9(8-18-2)17-11-5-3-4-10(7-15)13(11)16-12(17)6-14/h3-5,9H,6,8H2,1-2H3. The van der Waals surface area contributed by atoms with Crippen LogP contribution in [0.3, 0.4) is 0 Å². The number of benzene rings is 1. The van der Waals surface area contributed by atoms with Gasteiger partial charge in [0.15, 0.2) is 0 Å². The summed E-state index contributed by atoms with van der Waals surface area (Å²) in [5.74, 6) is 2.18. The van der Waals surface area contributed by atoms with Gasteiger partial charge in [0, 0.05) is 11.8 Å². The highest BCUT2D eigenvalue weighted by Crippen LogP contribution is 2.26. The van der Waals surface area contributed by atoms with Gasteiger partial charge in [0.05, 0.1) is 17.0 Å². The summed E-state index contributed by atoms with van der Waals surface area (Å²) in [7, 11) is 0. The number of alkyl halides is 1. The van der Waals surface area contributed by atoms with Gasteiger partial charge in [0.25, 0.3) is 0 Å². The molecule has 2 rings (SSSR count). The van der Waals surface area contributed by atoms with Crippen LogP contribution in [0.4, 0.5) is 0 Å². The van der Waals surface area contributed by atoms with Crippen molar-refractivity contribution in [2.24, 2.45) is 0 Å². The summed E-state index contributed by atoms with van der Waals surface area (Å²) >= 11 is 7.76. The van der Waals surface area contributed by atoms with E-state index >= 15 is 0 Å². The molecule has 5 heteroatoms. The Morgan fingerprint density at radius 2 is 2.33 bits per heavy atom. The predicted molar refractivity (Wildman–Crippen MR) is 77.1 cm³/mol. The second kappa shape index (κ2) is 5.64. The summed E-state index contributed by atoms with van der Waals surface area (Å²) in [5, 5.41) is 9.11. The molecular weight excluding hydrogens is 266 g/mol. The lowest BCUT2D eigenvalue weighted by atomic mass is 10.2. The number of halogens is 1. The van der Waals surface area contributed by atoms with Crippen LogP contribution in [0.2, 0.25) is 0 Å². The number of aromatic nitrogens is 2. The summed E-state index contributed by atoms with van der Waals surface area (Å²) in [6.07, 6.45) is 2.08. The number of para-hydroxylation sites is 1. The van der Waals surface area contributed by atoms with E-state index < -0.39 is 0 Å². The average molecular weight is 280 g/mol. The van der Waals surface area contributed by atoms with E-state index in [0.29, 0.717) is 17.5 Å². The monoisotopic (exact) mass is 279 g/mol. The molecule has 0 saturated heterocycles. The van der Waals surface area contributed by atoms with Crippen LogP contribution in [0.1, 0.15) is 24.4 Å². The highest BCUT2D eigenvalue weighted by Gasteiger charge is 2.16. The zero-order valence-electron chi connectivity index (χ0n) is 10.4. The second-order valence-electron chi connectivity index (χ2n) is 4.12. The smallest absolute Gasteiger partial charge is 0.125 e. The third-order valence-corrected chi connectivity index (χ3v) is 3.94. The number of nitriles is 1. The second-order valence-corrected chi connectivity index (χ2v) is 5.30. The molecule has 0 aliphatic heterocycles. The Hall–Kier alpha value is -1.18. The fraction of sp³-hybridized carbons (Fsp3) is 0.385. The Morgan fingerprint density at radius 1 is 1.56 bits per heavy atom. The maximum Gasteiger partial charge on any atom is 0.125 e. The van der Waals surface area contributed by atoms with E-state index in [4.69, 9.17) is 16.9 Å². The molecule has 1 aromatic carbocycles. The van der Waals surface area contributed by atoms with Crippen LogP contribution in [0.5, 0.6) is 0 Å². The van der Waals surface area contributed by atoms with Crippen LogP contribution in [0.15, 0.2) is 18.2 Å². The van der Waals surface area contributed by atoms with E-state index in [-0.39, 0.29) is 0 Å². The van der Waals surface area contributed by atoms with E-state index in [0.717, 1.165) is 22.6 Å². The number of imidazole rings is 1. The lowest BCUT2D eigenvalue weighted by Gasteiger charge is -2.15. The summed E-state index contributed by atoms with van der Waals surface area (Å²) < 4.78 is 2.14. The van der Waals surface area contributed by atoms with Gasteiger partial charge >= 0.3 is 0 Å². The topological polar surface area (TPSA) is 41.6 Å². The molecule has 1 atom stereocenters. The first-order chi connectivity index (χ1) is 8.72. The van der Waals surface area contributed by atoms with Crippen molar-refractivity contribution in [1.82, 2.24) is 9.55 Å². The summed E-state index contributed by atoms with van der Waals surface area (Å²) in [5.41, 5.74) is 2.35. The number of rotatable bonds is 4. The Balaban J connectivity index is 2.67.